The zero-order valence-electron chi connectivity index (χ0n) is 16.2. The standard InChI is InChI=1S/C21H24N2O4S/c1-14-8-10-17(11-9-14)22-19(24)12-28-13-20(25)27-16(3)21(26)23-18-7-5-4-6-15(18)2/h4-11,16H,12-13H2,1-3H3,(H,22,24)(H,23,26). The average molecular weight is 401 g/mol. The number of rotatable bonds is 8. The van der Waals surface area contributed by atoms with Gasteiger partial charge in [0.25, 0.3) is 5.91 Å². The summed E-state index contributed by atoms with van der Waals surface area (Å²) in [6, 6.07) is 14.8. The van der Waals surface area contributed by atoms with Crippen molar-refractivity contribution in [3.63, 3.8) is 0 Å². The van der Waals surface area contributed by atoms with Crippen LogP contribution in [0.25, 0.3) is 0 Å². The third-order valence-electron chi connectivity index (χ3n) is 3.87. The first-order valence-electron chi connectivity index (χ1n) is 8.85. The molecule has 0 bridgehead atoms. The van der Waals surface area contributed by atoms with E-state index in [0.29, 0.717) is 11.4 Å². The Morgan fingerprint density at radius 1 is 0.964 bits per heavy atom. The van der Waals surface area contributed by atoms with Gasteiger partial charge in [-0.3, -0.25) is 14.4 Å². The molecule has 28 heavy (non-hydrogen) atoms. The Morgan fingerprint density at radius 3 is 2.32 bits per heavy atom. The first kappa shape index (κ1) is 21.5. The number of amides is 2. The van der Waals surface area contributed by atoms with Crippen molar-refractivity contribution in [1.29, 1.82) is 0 Å². The Balaban J connectivity index is 1.69. The molecule has 2 rings (SSSR count). The van der Waals surface area contributed by atoms with Crippen molar-refractivity contribution >= 4 is 40.9 Å². The van der Waals surface area contributed by atoms with Gasteiger partial charge in [0, 0.05) is 11.4 Å². The monoisotopic (exact) mass is 400 g/mol. The van der Waals surface area contributed by atoms with Gasteiger partial charge in [-0.25, -0.2) is 0 Å². The van der Waals surface area contributed by atoms with Gasteiger partial charge in [-0.1, -0.05) is 35.9 Å². The van der Waals surface area contributed by atoms with Crippen molar-refractivity contribution < 1.29 is 19.1 Å². The van der Waals surface area contributed by atoms with E-state index in [1.807, 2.05) is 56.3 Å². The quantitative estimate of drug-likeness (QED) is 0.662. The third kappa shape index (κ3) is 7.08. The summed E-state index contributed by atoms with van der Waals surface area (Å²) in [6.07, 6.45) is -0.922. The SMILES string of the molecule is Cc1ccc(NC(=O)CSCC(=O)OC(C)C(=O)Nc2ccccc2C)cc1. The van der Waals surface area contributed by atoms with E-state index in [1.54, 1.807) is 6.07 Å². The third-order valence-corrected chi connectivity index (χ3v) is 4.77. The van der Waals surface area contributed by atoms with Crippen LogP contribution in [0.3, 0.4) is 0 Å². The number of ether oxygens (including phenoxy) is 1. The van der Waals surface area contributed by atoms with Crippen LogP contribution in [0.15, 0.2) is 48.5 Å². The molecule has 1 atom stereocenters. The van der Waals surface area contributed by atoms with E-state index < -0.39 is 18.0 Å². The van der Waals surface area contributed by atoms with Gasteiger partial charge in [0.05, 0.1) is 11.5 Å². The molecule has 0 aromatic heterocycles. The second-order valence-electron chi connectivity index (χ2n) is 6.34. The van der Waals surface area contributed by atoms with Gasteiger partial charge >= 0.3 is 5.97 Å². The Labute approximate surface area is 169 Å². The van der Waals surface area contributed by atoms with Gasteiger partial charge in [0.2, 0.25) is 5.91 Å². The minimum Gasteiger partial charge on any atom is -0.452 e. The molecular weight excluding hydrogens is 376 g/mol. The summed E-state index contributed by atoms with van der Waals surface area (Å²) in [5.41, 5.74) is 3.41. The van der Waals surface area contributed by atoms with Crippen LogP contribution in [0, 0.1) is 13.8 Å². The summed E-state index contributed by atoms with van der Waals surface area (Å²) in [5.74, 6) is -1.03. The van der Waals surface area contributed by atoms with Gasteiger partial charge in [-0.15, -0.1) is 11.8 Å². The summed E-state index contributed by atoms with van der Waals surface area (Å²) in [7, 11) is 0. The summed E-state index contributed by atoms with van der Waals surface area (Å²) >= 11 is 1.13. The topological polar surface area (TPSA) is 84.5 Å². The normalized spacial score (nSPS) is 11.4. The molecule has 2 amide bonds. The van der Waals surface area contributed by atoms with Crippen molar-refractivity contribution in [1.82, 2.24) is 0 Å². The lowest BCUT2D eigenvalue weighted by Gasteiger charge is -2.14. The fourth-order valence-corrected chi connectivity index (χ4v) is 2.89. The Bertz CT molecular complexity index is 837. The molecule has 0 aliphatic heterocycles. The number of carbonyl (C=O) groups excluding carboxylic acids is 3. The van der Waals surface area contributed by atoms with E-state index in [1.165, 1.54) is 6.92 Å². The molecule has 7 heteroatoms. The number of hydrogen-bond acceptors (Lipinski definition) is 5. The number of nitrogens with one attached hydrogen (secondary N) is 2. The molecular formula is C21H24N2O4S. The van der Waals surface area contributed by atoms with E-state index in [4.69, 9.17) is 4.74 Å². The van der Waals surface area contributed by atoms with Crippen molar-refractivity contribution in [3.05, 3.63) is 59.7 Å². The molecule has 0 aliphatic rings. The number of benzene rings is 2. The molecule has 0 heterocycles. The van der Waals surface area contributed by atoms with Crippen LogP contribution in [0.4, 0.5) is 11.4 Å². The van der Waals surface area contributed by atoms with Gasteiger partial charge in [-0.2, -0.15) is 0 Å². The summed E-state index contributed by atoms with van der Waals surface area (Å²) < 4.78 is 5.13. The molecule has 0 aliphatic carbocycles. The zero-order valence-corrected chi connectivity index (χ0v) is 17.0. The minimum absolute atomic E-state index is 0.0106. The fourth-order valence-electron chi connectivity index (χ4n) is 2.29. The fraction of sp³-hybridized carbons (Fsp3) is 0.286. The Morgan fingerprint density at radius 2 is 1.64 bits per heavy atom. The van der Waals surface area contributed by atoms with Gasteiger partial charge < -0.3 is 15.4 Å². The molecule has 1 unspecified atom stereocenters. The number of hydrogen-bond donors (Lipinski definition) is 2. The van der Waals surface area contributed by atoms with Crippen LogP contribution in [0.5, 0.6) is 0 Å². The highest BCUT2D eigenvalue weighted by Crippen LogP contribution is 2.14. The molecule has 0 saturated carbocycles. The lowest BCUT2D eigenvalue weighted by Crippen LogP contribution is -2.31. The molecule has 0 radical (unpaired) electrons. The van der Waals surface area contributed by atoms with E-state index >= 15 is 0 Å². The van der Waals surface area contributed by atoms with Gasteiger partial charge in [-0.05, 0) is 44.5 Å². The van der Waals surface area contributed by atoms with Crippen molar-refractivity contribution in [3.8, 4) is 0 Å². The minimum atomic E-state index is -0.922. The molecule has 6 nitrogen and oxygen atoms in total. The van der Waals surface area contributed by atoms with Crippen molar-refractivity contribution in [2.45, 2.75) is 26.9 Å². The molecule has 2 aromatic carbocycles. The molecule has 2 N–H and O–H groups in total. The summed E-state index contributed by atoms with van der Waals surface area (Å²) in [4.78, 5) is 35.9. The maximum absolute atomic E-state index is 12.2. The molecule has 2 aromatic rings. The average Bonchev–Trinajstić information content (AvgIpc) is 2.65. The second-order valence-corrected chi connectivity index (χ2v) is 7.33. The molecule has 0 fully saturated rings. The van der Waals surface area contributed by atoms with E-state index in [-0.39, 0.29) is 17.4 Å². The highest BCUT2D eigenvalue weighted by atomic mass is 32.2. The lowest BCUT2D eigenvalue weighted by molar-refractivity contribution is -0.150. The maximum Gasteiger partial charge on any atom is 0.316 e. The Hall–Kier alpha value is -2.80. The number of thioether (sulfide) groups is 1. The molecule has 0 spiro atoms. The number of anilines is 2. The van der Waals surface area contributed by atoms with Gasteiger partial charge in [0.1, 0.15) is 0 Å². The highest BCUT2D eigenvalue weighted by Gasteiger charge is 2.18. The van der Waals surface area contributed by atoms with Crippen LogP contribution < -0.4 is 10.6 Å². The van der Waals surface area contributed by atoms with Crippen LogP contribution in [-0.2, 0) is 19.1 Å². The van der Waals surface area contributed by atoms with Crippen molar-refractivity contribution in [2.24, 2.45) is 0 Å². The number of esters is 1. The summed E-state index contributed by atoms with van der Waals surface area (Å²) in [6.45, 7) is 5.36. The predicted molar refractivity (Wildman–Crippen MR) is 112 cm³/mol. The molecule has 0 saturated heterocycles. The largest absolute Gasteiger partial charge is 0.452 e. The van der Waals surface area contributed by atoms with Crippen molar-refractivity contribution in [2.75, 3.05) is 22.1 Å². The maximum atomic E-state index is 12.2. The summed E-state index contributed by atoms with van der Waals surface area (Å²) in [5, 5.41) is 5.49. The second kappa shape index (κ2) is 10.5. The van der Waals surface area contributed by atoms with E-state index in [2.05, 4.69) is 10.6 Å². The van der Waals surface area contributed by atoms with Crippen LogP contribution in [0.2, 0.25) is 0 Å². The van der Waals surface area contributed by atoms with Crippen LogP contribution in [0.1, 0.15) is 18.1 Å². The number of carbonyl (C=O) groups is 3. The molecule has 148 valence electrons. The predicted octanol–water partition coefficient (Wildman–Crippen LogP) is 3.55. The van der Waals surface area contributed by atoms with Crippen LogP contribution >= 0.6 is 11.8 Å². The number of para-hydroxylation sites is 1. The van der Waals surface area contributed by atoms with Gasteiger partial charge in [0.15, 0.2) is 6.10 Å². The zero-order chi connectivity index (χ0) is 20.5. The number of aryl methyl sites for hydroxylation is 2. The highest BCUT2D eigenvalue weighted by molar-refractivity contribution is 8.00. The lowest BCUT2D eigenvalue weighted by atomic mass is 10.2. The van der Waals surface area contributed by atoms with Crippen LogP contribution in [-0.4, -0.2) is 35.4 Å². The van der Waals surface area contributed by atoms with E-state index in [0.717, 1.165) is 22.9 Å². The first-order valence-corrected chi connectivity index (χ1v) is 10.0. The smallest absolute Gasteiger partial charge is 0.316 e. The first-order chi connectivity index (χ1) is 13.3. The van der Waals surface area contributed by atoms with E-state index in [9.17, 15) is 14.4 Å². The Kier molecular flexibility index (Phi) is 8.07.